The second kappa shape index (κ2) is 5.95. The summed E-state index contributed by atoms with van der Waals surface area (Å²) in [7, 11) is 1.84. The van der Waals surface area contributed by atoms with Crippen LogP contribution in [0.15, 0.2) is 29.6 Å². The summed E-state index contributed by atoms with van der Waals surface area (Å²) in [5.41, 5.74) is 3.34. The first kappa shape index (κ1) is 14.2. The fourth-order valence-corrected chi connectivity index (χ4v) is 3.37. The standard InChI is InChI=1S/C16H19N3OS/c1-11-18-12(10-21-11)7-8-17-14-9-16(20)19(2)15-6-4-3-5-13(14)15/h3-6,10,14,17H,7-9H2,1-2H3. The van der Waals surface area contributed by atoms with Gasteiger partial charge >= 0.3 is 0 Å². The molecule has 2 aromatic rings. The van der Waals surface area contributed by atoms with Gasteiger partial charge in [0.25, 0.3) is 0 Å². The number of rotatable bonds is 4. The fourth-order valence-electron chi connectivity index (χ4n) is 2.72. The van der Waals surface area contributed by atoms with Crippen molar-refractivity contribution in [2.45, 2.75) is 25.8 Å². The maximum atomic E-state index is 12.1. The van der Waals surface area contributed by atoms with Crippen LogP contribution < -0.4 is 10.2 Å². The molecule has 1 aromatic carbocycles. The van der Waals surface area contributed by atoms with Crippen molar-refractivity contribution in [1.82, 2.24) is 10.3 Å². The van der Waals surface area contributed by atoms with Crippen molar-refractivity contribution in [2.24, 2.45) is 0 Å². The average molecular weight is 301 g/mol. The molecule has 1 unspecified atom stereocenters. The third-order valence-corrected chi connectivity index (χ3v) is 4.69. The molecule has 1 N–H and O–H groups in total. The monoisotopic (exact) mass is 301 g/mol. The van der Waals surface area contributed by atoms with Crippen molar-refractivity contribution in [3.63, 3.8) is 0 Å². The highest BCUT2D eigenvalue weighted by molar-refractivity contribution is 7.09. The highest BCUT2D eigenvalue weighted by Crippen LogP contribution is 2.33. The van der Waals surface area contributed by atoms with E-state index in [1.807, 2.05) is 32.2 Å². The Hall–Kier alpha value is -1.72. The molecule has 1 aromatic heterocycles. The van der Waals surface area contributed by atoms with Gasteiger partial charge in [0.2, 0.25) is 5.91 Å². The normalized spacial score (nSPS) is 17.9. The van der Waals surface area contributed by atoms with Crippen molar-refractivity contribution >= 4 is 22.9 Å². The summed E-state index contributed by atoms with van der Waals surface area (Å²) < 4.78 is 0. The Bertz CT molecular complexity index is 652. The van der Waals surface area contributed by atoms with Crippen molar-refractivity contribution in [1.29, 1.82) is 0 Å². The molecule has 110 valence electrons. The molecule has 1 amide bonds. The lowest BCUT2D eigenvalue weighted by Crippen LogP contribution is -2.38. The summed E-state index contributed by atoms with van der Waals surface area (Å²) in [6, 6.07) is 8.21. The molecule has 4 nitrogen and oxygen atoms in total. The Kier molecular flexibility index (Phi) is 4.03. The number of anilines is 1. The minimum atomic E-state index is 0.102. The van der Waals surface area contributed by atoms with Gasteiger partial charge in [0.15, 0.2) is 0 Å². The predicted molar refractivity (Wildman–Crippen MR) is 85.8 cm³/mol. The molecular weight excluding hydrogens is 282 g/mol. The number of fused-ring (bicyclic) bond motifs is 1. The second-order valence-corrected chi connectivity index (χ2v) is 6.39. The number of nitrogens with zero attached hydrogens (tertiary/aromatic N) is 2. The molecule has 0 bridgehead atoms. The lowest BCUT2D eigenvalue weighted by Gasteiger charge is -2.32. The SMILES string of the molecule is Cc1nc(CCNC2CC(=O)N(C)c3ccccc32)cs1. The number of hydrogen-bond donors (Lipinski definition) is 1. The van der Waals surface area contributed by atoms with Crippen molar-refractivity contribution in [3.8, 4) is 0 Å². The molecule has 1 atom stereocenters. The highest BCUT2D eigenvalue weighted by Gasteiger charge is 2.28. The molecule has 3 rings (SSSR count). The van der Waals surface area contributed by atoms with Crippen LogP contribution in [-0.4, -0.2) is 24.5 Å². The first-order valence-corrected chi connectivity index (χ1v) is 8.03. The second-order valence-electron chi connectivity index (χ2n) is 5.33. The molecule has 0 spiro atoms. The van der Waals surface area contributed by atoms with Gasteiger partial charge in [-0.2, -0.15) is 0 Å². The average Bonchev–Trinajstić information content (AvgIpc) is 2.90. The number of benzene rings is 1. The van der Waals surface area contributed by atoms with Crippen LogP contribution in [0.1, 0.15) is 28.7 Å². The van der Waals surface area contributed by atoms with Crippen LogP contribution in [0.2, 0.25) is 0 Å². The summed E-state index contributed by atoms with van der Waals surface area (Å²) in [6.07, 6.45) is 1.41. The Morgan fingerprint density at radius 1 is 1.43 bits per heavy atom. The van der Waals surface area contributed by atoms with Gasteiger partial charge in [-0.05, 0) is 18.6 Å². The van der Waals surface area contributed by atoms with Crippen LogP contribution >= 0.6 is 11.3 Å². The number of hydrogen-bond acceptors (Lipinski definition) is 4. The zero-order chi connectivity index (χ0) is 14.8. The number of aryl methyl sites for hydroxylation is 1. The number of carbonyl (C=O) groups is 1. The molecule has 0 fully saturated rings. The fraction of sp³-hybridized carbons (Fsp3) is 0.375. The lowest BCUT2D eigenvalue weighted by atomic mass is 9.96. The molecule has 5 heteroatoms. The third-order valence-electron chi connectivity index (χ3n) is 3.86. The quantitative estimate of drug-likeness (QED) is 0.944. The van der Waals surface area contributed by atoms with Gasteiger partial charge in [-0.15, -0.1) is 11.3 Å². The number of para-hydroxylation sites is 1. The van der Waals surface area contributed by atoms with Gasteiger partial charge in [-0.3, -0.25) is 4.79 Å². The van der Waals surface area contributed by atoms with E-state index in [9.17, 15) is 4.79 Å². The minimum absolute atomic E-state index is 0.102. The highest BCUT2D eigenvalue weighted by atomic mass is 32.1. The third kappa shape index (κ3) is 2.99. The first-order chi connectivity index (χ1) is 10.1. The number of amides is 1. The van der Waals surface area contributed by atoms with Crippen LogP contribution in [0.4, 0.5) is 5.69 Å². The zero-order valence-electron chi connectivity index (χ0n) is 12.3. The summed E-state index contributed by atoms with van der Waals surface area (Å²) >= 11 is 1.68. The summed E-state index contributed by atoms with van der Waals surface area (Å²) in [6.45, 7) is 2.85. The van der Waals surface area contributed by atoms with Gasteiger partial charge in [-0.1, -0.05) is 18.2 Å². The smallest absolute Gasteiger partial charge is 0.228 e. The largest absolute Gasteiger partial charge is 0.315 e. The van der Waals surface area contributed by atoms with Gasteiger partial charge in [0.05, 0.1) is 10.7 Å². The number of carbonyl (C=O) groups excluding carboxylic acids is 1. The van der Waals surface area contributed by atoms with E-state index >= 15 is 0 Å². The van der Waals surface area contributed by atoms with E-state index in [2.05, 4.69) is 21.7 Å². The lowest BCUT2D eigenvalue weighted by molar-refractivity contribution is -0.119. The van der Waals surface area contributed by atoms with Crippen LogP contribution in [-0.2, 0) is 11.2 Å². The van der Waals surface area contributed by atoms with Gasteiger partial charge in [-0.25, -0.2) is 4.98 Å². The molecule has 1 aliphatic rings. The van der Waals surface area contributed by atoms with Crippen molar-refractivity contribution in [2.75, 3.05) is 18.5 Å². The van der Waals surface area contributed by atoms with Gasteiger partial charge < -0.3 is 10.2 Å². The summed E-state index contributed by atoms with van der Waals surface area (Å²) in [4.78, 5) is 18.3. The Morgan fingerprint density at radius 2 is 2.24 bits per heavy atom. The first-order valence-electron chi connectivity index (χ1n) is 7.15. The predicted octanol–water partition coefficient (Wildman–Crippen LogP) is 2.69. The maximum Gasteiger partial charge on any atom is 0.228 e. The van der Waals surface area contributed by atoms with E-state index in [0.717, 1.165) is 29.4 Å². The molecular formula is C16H19N3OS. The number of thiazole rings is 1. The Morgan fingerprint density at radius 3 is 3.00 bits per heavy atom. The van der Waals surface area contributed by atoms with Gasteiger partial charge in [0, 0.05) is 43.5 Å². The molecule has 2 heterocycles. The molecule has 0 saturated carbocycles. The molecule has 21 heavy (non-hydrogen) atoms. The summed E-state index contributed by atoms with van der Waals surface area (Å²) in [5.74, 6) is 0.163. The molecule has 0 saturated heterocycles. The van der Waals surface area contributed by atoms with E-state index in [0.29, 0.717) is 6.42 Å². The van der Waals surface area contributed by atoms with E-state index in [-0.39, 0.29) is 11.9 Å². The number of aromatic nitrogens is 1. The summed E-state index contributed by atoms with van der Waals surface area (Å²) in [5, 5.41) is 6.71. The Labute approximate surface area is 128 Å². The van der Waals surface area contributed by atoms with Crippen molar-refractivity contribution < 1.29 is 4.79 Å². The number of nitrogens with one attached hydrogen (secondary N) is 1. The van der Waals surface area contributed by atoms with Crippen LogP contribution in [0.25, 0.3) is 0 Å². The van der Waals surface area contributed by atoms with E-state index < -0.39 is 0 Å². The molecule has 0 radical (unpaired) electrons. The molecule has 0 aliphatic carbocycles. The van der Waals surface area contributed by atoms with E-state index in [1.54, 1.807) is 16.2 Å². The Balaban J connectivity index is 1.68. The van der Waals surface area contributed by atoms with Crippen molar-refractivity contribution in [3.05, 3.63) is 45.9 Å². The zero-order valence-corrected chi connectivity index (χ0v) is 13.1. The van der Waals surface area contributed by atoms with Gasteiger partial charge in [0.1, 0.15) is 0 Å². The van der Waals surface area contributed by atoms with Crippen LogP contribution in [0.5, 0.6) is 0 Å². The van der Waals surface area contributed by atoms with E-state index in [4.69, 9.17) is 0 Å². The maximum absolute atomic E-state index is 12.1. The van der Waals surface area contributed by atoms with Crippen LogP contribution in [0.3, 0.4) is 0 Å². The van der Waals surface area contributed by atoms with E-state index in [1.165, 1.54) is 5.56 Å². The minimum Gasteiger partial charge on any atom is -0.315 e. The van der Waals surface area contributed by atoms with Crippen LogP contribution in [0, 0.1) is 6.92 Å². The molecule has 1 aliphatic heterocycles. The topological polar surface area (TPSA) is 45.2 Å².